The Hall–Kier alpha value is -1.75. The molecule has 2 N–H and O–H groups in total. The third-order valence-corrected chi connectivity index (χ3v) is 2.93. The molecule has 0 aromatic heterocycles. The molecule has 1 atom stereocenters. The van der Waals surface area contributed by atoms with Crippen molar-refractivity contribution < 1.29 is 9.53 Å². The van der Waals surface area contributed by atoms with Crippen LogP contribution in [0, 0.1) is 0 Å². The van der Waals surface area contributed by atoms with E-state index in [4.69, 9.17) is 11.6 Å². The van der Waals surface area contributed by atoms with E-state index in [0.29, 0.717) is 5.02 Å². The van der Waals surface area contributed by atoms with Gasteiger partial charge in [0, 0.05) is 11.4 Å². The van der Waals surface area contributed by atoms with Crippen LogP contribution < -0.4 is 10.9 Å². The third kappa shape index (κ3) is 3.13. The highest BCUT2D eigenvalue weighted by Crippen LogP contribution is 2.29. The Kier molecular flexibility index (Phi) is 4.04. The van der Waals surface area contributed by atoms with E-state index in [-0.39, 0.29) is 6.04 Å². The lowest BCUT2D eigenvalue weighted by atomic mass is 10.1. The number of nitrogens with one attached hydrogen (secondary N) is 2. The van der Waals surface area contributed by atoms with Crippen molar-refractivity contribution in [1.29, 1.82) is 0 Å². The van der Waals surface area contributed by atoms with Gasteiger partial charge in [-0.2, -0.15) is 0 Å². The summed E-state index contributed by atoms with van der Waals surface area (Å²) in [5.74, 6) is 0.741. The number of ether oxygens (including phenoxy) is 1. The van der Waals surface area contributed by atoms with E-state index in [1.54, 1.807) is 0 Å². The van der Waals surface area contributed by atoms with E-state index in [1.807, 2.05) is 24.3 Å². The summed E-state index contributed by atoms with van der Waals surface area (Å²) in [7, 11) is 1.31. The van der Waals surface area contributed by atoms with Crippen LogP contribution in [0.25, 0.3) is 0 Å². The first-order valence-corrected chi connectivity index (χ1v) is 5.99. The first-order valence-electron chi connectivity index (χ1n) is 5.61. The summed E-state index contributed by atoms with van der Waals surface area (Å²) in [6.07, 6.45) is 1.14. The number of methoxy groups -OCH3 is 1. The van der Waals surface area contributed by atoms with Crippen LogP contribution in [0.2, 0.25) is 5.02 Å². The molecular formula is C12H14ClN3O2. The van der Waals surface area contributed by atoms with Crippen molar-refractivity contribution in [2.24, 2.45) is 4.99 Å². The molecule has 0 saturated heterocycles. The number of carbonyl (C=O) groups is 1. The van der Waals surface area contributed by atoms with Gasteiger partial charge in [0.2, 0.25) is 0 Å². The number of amidine groups is 1. The number of nitrogens with zero attached hydrogens (tertiary/aromatic N) is 1. The van der Waals surface area contributed by atoms with E-state index in [0.717, 1.165) is 24.2 Å². The Morgan fingerprint density at radius 2 is 2.39 bits per heavy atom. The average molecular weight is 268 g/mol. The van der Waals surface area contributed by atoms with E-state index in [9.17, 15) is 4.79 Å². The Morgan fingerprint density at radius 3 is 3.11 bits per heavy atom. The molecule has 1 amide bonds. The molecule has 18 heavy (non-hydrogen) atoms. The lowest BCUT2D eigenvalue weighted by molar-refractivity contribution is 0.168. The van der Waals surface area contributed by atoms with Gasteiger partial charge in [-0.15, -0.1) is 0 Å². The average Bonchev–Trinajstić information content (AvgIpc) is 2.84. The second kappa shape index (κ2) is 5.73. The molecule has 1 aliphatic rings. The molecule has 5 nitrogen and oxygen atoms in total. The van der Waals surface area contributed by atoms with Crippen LogP contribution in [0.4, 0.5) is 4.79 Å². The molecule has 0 spiro atoms. The van der Waals surface area contributed by atoms with Gasteiger partial charge in [-0.1, -0.05) is 23.7 Å². The summed E-state index contributed by atoms with van der Waals surface area (Å²) in [4.78, 5) is 15.4. The zero-order chi connectivity index (χ0) is 13.0. The maximum Gasteiger partial charge on any atom is 0.425 e. The van der Waals surface area contributed by atoms with Crippen LogP contribution in [0.1, 0.15) is 24.4 Å². The highest BCUT2D eigenvalue weighted by Gasteiger charge is 2.19. The molecule has 1 aromatic carbocycles. The number of hydrazine groups is 1. The van der Waals surface area contributed by atoms with Crippen molar-refractivity contribution in [3.05, 3.63) is 34.9 Å². The molecule has 6 heteroatoms. The van der Waals surface area contributed by atoms with Gasteiger partial charge in [-0.25, -0.2) is 10.2 Å². The minimum Gasteiger partial charge on any atom is -0.452 e. The Balaban J connectivity index is 1.97. The molecular weight excluding hydrogens is 254 g/mol. The fourth-order valence-corrected chi connectivity index (χ4v) is 2.01. The van der Waals surface area contributed by atoms with Gasteiger partial charge in [0.05, 0.1) is 13.2 Å². The number of benzene rings is 1. The molecule has 0 aliphatic carbocycles. The number of halogens is 1. The first kappa shape index (κ1) is 12.7. The predicted molar refractivity (Wildman–Crippen MR) is 69.5 cm³/mol. The molecule has 1 unspecified atom stereocenters. The van der Waals surface area contributed by atoms with Crippen molar-refractivity contribution in [1.82, 2.24) is 10.9 Å². The summed E-state index contributed by atoms with van der Waals surface area (Å²) in [6.45, 7) is 0. The zero-order valence-electron chi connectivity index (χ0n) is 9.94. The molecule has 1 heterocycles. The van der Waals surface area contributed by atoms with E-state index in [1.165, 1.54) is 7.11 Å². The molecule has 0 saturated carbocycles. The Morgan fingerprint density at radius 1 is 1.56 bits per heavy atom. The number of hydrogen-bond donors (Lipinski definition) is 2. The van der Waals surface area contributed by atoms with E-state index >= 15 is 0 Å². The van der Waals surface area contributed by atoms with Crippen LogP contribution in [0.5, 0.6) is 0 Å². The minimum atomic E-state index is -0.538. The van der Waals surface area contributed by atoms with Gasteiger partial charge in [0.15, 0.2) is 0 Å². The summed E-state index contributed by atoms with van der Waals surface area (Å²) < 4.78 is 4.45. The summed E-state index contributed by atoms with van der Waals surface area (Å²) >= 11 is 5.94. The number of aliphatic imine (C=N–C) groups is 1. The molecule has 0 fully saturated rings. The maximum atomic E-state index is 10.9. The molecule has 1 aromatic rings. The lowest BCUT2D eigenvalue weighted by Crippen LogP contribution is -2.40. The van der Waals surface area contributed by atoms with Gasteiger partial charge in [0.25, 0.3) is 0 Å². The van der Waals surface area contributed by atoms with Crippen LogP contribution in [0.3, 0.4) is 0 Å². The van der Waals surface area contributed by atoms with E-state index < -0.39 is 6.09 Å². The van der Waals surface area contributed by atoms with Crippen molar-refractivity contribution >= 4 is 23.5 Å². The van der Waals surface area contributed by atoms with Gasteiger partial charge < -0.3 is 4.74 Å². The van der Waals surface area contributed by atoms with Crippen LogP contribution >= 0.6 is 11.6 Å². The normalized spacial score (nSPS) is 18.1. The summed E-state index contributed by atoms with van der Waals surface area (Å²) in [6, 6.07) is 7.74. The largest absolute Gasteiger partial charge is 0.452 e. The van der Waals surface area contributed by atoms with Crippen molar-refractivity contribution in [3.63, 3.8) is 0 Å². The van der Waals surface area contributed by atoms with Gasteiger partial charge in [-0.3, -0.25) is 10.4 Å². The fourth-order valence-electron chi connectivity index (χ4n) is 1.81. The number of hydrogen-bond acceptors (Lipinski definition) is 4. The number of amides is 1. The zero-order valence-corrected chi connectivity index (χ0v) is 10.7. The molecule has 2 rings (SSSR count). The second-order valence-electron chi connectivity index (χ2n) is 3.93. The van der Waals surface area contributed by atoms with Crippen molar-refractivity contribution in [2.45, 2.75) is 18.9 Å². The highest BCUT2D eigenvalue weighted by atomic mass is 35.5. The Labute approximate surface area is 110 Å². The smallest absolute Gasteiger partial charge is 0.425 e. The molecule has 0 bridgehead atoms. The molecule has 1 aliphatic heterocycles. The lowest BCUT2D eigenvalue weighted by Gasteiger charge is -2.07. The predicted octanol–water partition coefficient (Wildman–Crippen LogP) is 2.43. The van der Waals surface area contributed by atoms with Crippen LogP contribution in [-0.2, 0) is 4.74 Å². The fraction of sp³-hybridized carbons (Fsp3) is 0.333. The highest BCUT2D eigenvalue weighted by molar-refractivity contribution is 6.30. The third-order valence-electron chi connectivity index (χ3n) is 2.69. The van der Waals surface area contributed by atoms with Gasteiger partial charge in [-0.05, 0) is 24.1 Å². The maximum absolute atomic E-state index is 10.9. The van der Waals surface area contributed by atoms with E-state index in [2.05, 4.69) is 20.6 Å². The topological polar surface area (TPSA) is 62.7 Å². The van der Waals surface area contributed by atoms with Crippen molar-refractivity contribution in [2.75, 3.05) is 7.11 Å². The standard InChI is InChI=1S/C12H14ClN3O2/c1-18-12(17)16-15-11-6-5-10(14-11)8-3-2-4-9(13)7-8/h2-4,7,10H,5-6H2,1H3,(H,14,15)(H,16,17). The van der Waals surface area contributed by atoms with Crippen LogP contribution in [-0.4, -0.2) is 19.0 Å². The van der Waals surface area contributed by atoms with Gasteiger partial charge >= 0.3 is 6.09 Å². The minimum absolute atomic E-state index is 0.0886. The monoisotopic (exact) mass is 267 g/mol. The number of rotatable bonds is 1. The quantitative estimate of drug-likeness (QED) is 0.768. The molecule has 96 valence electrons. The van der Waals surface area contributed by atoms with Gasteiger partial charge in [0.1, 0.15) is 5.84 Å². The summed E-state index contributed by atoms with van der Waals surface area (Å²) in [5, 5.41) is 0.705. The Bertz CT molecular complexity index is 476. The first-order chi connectivity index (χ1) is 8.69. The number of carbonyl (C=O) groups excluding carboxylic acids is 1. The SMILES string of the molecule is COC(=O)NNC1=NC(c2cccc(Cl)c2)CC1. The molecule has 0 radical (unpaired) electrons. The van der Waals surface area contributed by atoms with Crippen LogP contribution in [0.15, 0.2) is 29.3 Å². The van der Waals surface area contributed by atoms with Crippen molar-refractivity contribution in [3.8, 4) is 0 Å². The second-order valence-corrected chi connectivity index (χ2v) is 4.36. The summed E-state index contributed by atoms with van der Waals surface area (Å²) in [5.41, 5.74) is 6.21.